The van der Waals surface area contributed by atoms with Crippen molar-refractivity contribution in [3.63, 3.8) is 0 Å². The first kappa shape index (κ1) is 8.90. The van der Waals surface area contributed by atoms with Crippen LogP contribution < -0.4 is 0 Å². The van der Waals surface area contributed by atoms with Crippen molar-refractivity contribution in [2.45, 2.75) is 56.9 Å². The average molecular weight is 222 g/mol. The fraction of sp³-hybridized carbons (Fsp3) is 1.00. The third-order valence-corrected chi connectivity index (χ3v) is 6.04. The summed E-state index contributed by atoms with van der Waals surface area (Å²) in [6, 6.07) is 0. The lowest BCUT2D eigenvalue weighted by molar-refractivity contribution is -0.289. The Morgan fingerprint density at radius 3 is 1.88 bits per heavy atom. The molecule has 0 aromatic carbocycles. The molecule has 5 rings (SSSR count). The number of hydrogen-bond acceptors (Lipinski definition) is 3. The van der Waals surface area contributed by atoms with Gasteiger partial charge < -0.3 is 14.2 Å². The van der Waals surface area contributed by atoms with Gasteiger partial charge in [-0.15, -0.1) is 0 Å². The highest BCUT2D eigenvalue weighted by atomic mass is 16.8. The van der Waals surface area contributed by atoms with Crippen molar-refractivity contribution in [2.24, 2.45) is 23.7 Å². The molecule has 5 fully saturated rings. The first-order chi connectivity index (χ1) is 7.75. The quantitative estimate of drug-likeness (QED) is 0.714. The van der Waals surface area contributed by atoms with Gasteiger partial charge in [-0.05, 0) is 31.1 Å². The van der Waals surface area contributed by atoms with Crippen LogP contribution in [0.2, 0.25) is 0 Å². The smallest absolute Gasteiger partial charge is 0.175 e. The second kappa shape index (κ2) is 2.23. The largest absolute Gasteiger partial charge is 0.343 e. The molecule has 0 unspecified atom stereocenters. The molecule has 88 valence electrons. The molecule has 3 heterocycles. The van der Waals surface area contributed by atoms with Gasteiger partial charge in [-0.2, -0.15) is 0 Å². The summed E-state index contributed by atoms with van der Waals surface area (Å²) in [7, 11) is 0. The van der Waals surface area contributed by atoms with Gasteiger partial charge in [-0.1, -0.05) is 13.8 Å². The molecule has 0 amide bonds. The van der Waals surface area contributed by atoms with Crippen LogP contribution in [0.3, 0.4) is 0 Å². The highest BCUT2D eigenvalue weighted by molar-refractivity contribution is 5.25. The maximum absolute atomic E-state index is 6.36. The Morgan fingerprint density at radius 1 is 0.938 bits per heavy atom. The first-order valence-corrected chi connectivity index (χ1v) is 6.80. The van der Waals surface area contributed by atoms with E-state index in [1.165, 1.54) is 6.42 Å². The minimum absolute atomic E-state index is 0.282. The van der Waals surface area contributed by atoms with Gasteiger partial charge in [0.15, 0.2) is 11.6 Å². The highest BCUT2D eigenvalue weighted by Gasteiger charge is 2.84. The summed E-state index contributed by atoms with van der Waals surface area (Å²) in [4.78, 5) is 0. The van der Waals surface area contributed by atoms with Gasteiger partial charge in [0.25, 0.3) is 0 Å². The van der Waals surface area contributed by atoms with E-state index in [4.69, 9.17) is 14.2 Å². The lowest BCUT2D eigenvalue weighted by Gasteiger charge is -2.30. The standard InChI is InChI=1S/C13H18O3/c1-3-12-8-6-5-7-9(8)13(4-2,16-12)15-11(7)10(6)14-12/h6-11H,3-5H2,1-2H3/t6-,7+,8-,9+,10+,11-,12+,13-. The van der Waals surface area contributed by atoms with Crippen molar-refractivity contribution in [3.8, 4) is 0 Å². The summed E-state index contributed by atoms with van der Waals surface area (Å²) >= 11 is 0. The van der Waals surface area contributed by atoms with Crippen LogP contribution >= 0.6 is 0 Å². The fourth-order valence-electron chi connectivity index (χ4n) is 5.69. The summed E-state index contributed by atoms with van der Waals surface area (Å²) in [6.45, 7) is 4.39. The van der Waals surface area contributed by atoms with Crippen LogP contribution in [-0.2, 0) is 14.2 Å². The fourth-order valence-corrected chi connectivity index (χ4v) is 5.69. The zero-order valence-corrected chi connectivity index (χ0v) is 9.81. The van der Waals surface area contributed by atoms with Gasteiger partial charge in [-0.25, -0.2) is 0 Å². The minimum atomic E-state index is -0.282. The van der Waals surface area contributed by atoms with Crippen molar-refractivity contribution in [1.82, 2.24) is 0 Å². The van der Waals surface area contributed by atoms with Crippen LogP contribution in [0, 0.1) is 23.7 Å². The van der Waals surface area contributed by atoms with E-state index >= 15 is 0 Å². The van der Waals surface area contributed by atoms with E-state index in [0.717, 1.165) is 24.7 Å². The molecular formula is C13H18O3. The summed E-state index contributed by atoms with van der Waals surface area (Å²) < 4.78 is 19.0. The summed E-state index contributed by atoms with van der Waals surface area (Å²) in [5.41, 5.74) is 0. The Hall–Kier alpha value is -0.120. The zero-order chi connectivity index (χ0) is 10.7. The van der Waals surface area contributed by atoms with Crippen molar-refractivity contribution >= 4 is 0 Å². The van der Waals surface area contributed by atoms with E-state index in [-0.39, 0.29) is 11.6 Å². The Balaban J connectivity index is 1.77. The predicted molar refractivity (Wildman–Crippen MR) is 55.5 cm³/mol. The highest BCUT2D eigenvalue weighted by Crippen LogP contribution is 2.76. The minimum Gasteiger partial charge on any atom is -0.343 e. The Morgan fingerprint density at radius 2 is 1.44 bits per heavy atom. The molecule has 0 aromatic rings. The van der Waals surface area contributed by atoms with E-state index in [1.54, 1.807) is 0 Å². The summed E-state index contributed by atoms with van der Waals surface area (Å²) in [6.07, 6.45) is 3.99. The molecule has 0 spiro atoms. The monoisotopic (exact) mass is 222 g/mol. The molecule has 3 heteroatoms. The van der Waals surface area contributed by atoms with Crippen LogP contribution in [0.4, 0.5) is 0 Å². The molecule has 3 nitrogen and oxygen atoms in total. The Bertz CT molecular complexity index is 345. The molecule has 2 saturated carbocycles. The van der Waals surface area contributed by atoms with Crippen LogP contribution in [0.15, 0.2) is 0 Å². The van der Waals surface area contributed by atoms with Gasteiger partial charge in [0.1, 0.15) is 0 Å². The van der Waals surface area contributed by atoms with Crippen LogP contribution in [0.25, 0.3) is 0 Å². The number of fused-ring (bicyclic) bond motifs is 1. The maximum atomic E-state index is 6.36. The molecule has 3 saturated heterocycles. The lowest BCUT2D eigenvalue weighted by Crippen LogP contribution is -2.37. The average Bonchev–Trinajstić information content (AvgIpc) is 2.92. The van der Waals surface area contributed by atoms with Gasteiger partial charge in [0.2, 0.25) is 0 Å². The van der Waals surface area contributed by atoms with E-state index in [1.807, 2.05) is 0 Å². The van der Waals surface area contributed by atoms with Gasteiger partial charge in [-0.3, -0.25) is 0 Å². The lowest BCUT2D eigenvalue weighted by atomic mass is 9.75. The SMILES string of the molecule is CC[C@]12O[C@H]3[C@@H]4C[C@@H]5[C@H]3O[C@](CC)(O1)[C@@H]5[C@@H]42. The molecule has 0 N–H and O–H groups in total. The molecule has 0 aromatic heterocycles. The summed E-state index contributed by atoms with van der Waals surface area (Å²) in [5.74, 6) is 2.16. The second-order valence-electron chi connectivity index (χ2n) is 6.21. The summed E-state index contributed by atoms with van der Waals surface area (Å²) in [5, 5.41) is 0. The molecule has 8 atom stereocenters. The number of rotatable bonds is 2. The molecule has 2 aliphatic carbocycles. The van der Waals surface area contributed by atoms with Crippen LogP contribution in [0.5, 0.6) is 0 Å². The Kier molecular flexibility index (Phi) is 1.24. The molecular weight excluding hydrogens is 204 g/mol. The van der Waals surface area contributed by atoms with Crippen molar-refractivity contribution < 1.29 is 14.2 Å². The predicted octanol–water partition coefficient (Wildman–Crippen LogP) is 1.91. The molecule has 16 heavy (non-hydrogen) atoms. The van der Waals surface area contributed by atoms with Crippen LogP contribution in [0.1, 0.15) is 33.1 Å². The van der Waals surface area contributed by atoms with E-state index < -0.39 is 0 Å². The van der Waals surface area contributed by atoms with Gasteiger partial charge in [0, 0.05) is 11.8 Å². The molecule has 0 radical (unpaired) electrons. The normalized spacial score (nSPS) is 72.4. The topological polar surface area (TPSA) is 27.7 Å². The maximum Gasteiger partial charge on any atom is 0.175 e. The zero-order valence-electron chi connectivity index (χ0n) is 9.81. The number of ether oxygens (including phenoxy) is 3. The van der Waals surface area contributed by atoms with E-state index in [9.17, 15) is 0 Å². The van der Waals surface area contributed by atoms with Crippen molar-refractivity contribution in [2.75, 3.05) is 0 Å². The Labute approximate surface area is 95.4 Å². The van der Waals surface area contributed by atoms with Gasteiger partial charge >= 0.3 is 0 Å². The van der Waals surface area contributed by atoms with Gasteiger partial charge in [0.05, 0.1) is 12.2 Å². The van der Waals surface area contributed by atoms with Crippen LogP contribution in [-0.4, -0.2) is 23.8 Å². The third kappa shape index (κ3) is 0.601. The third-order valence-electron chi connectivity index (χ3n) is 6.04. The van der Waals surface area contributed by atoms with Crippen molar-refractivity contribution in [3.05, 3.63) is 0 Å². The van der Waals surface area contributed by atoms with E-state index in [0.29, 0.717) is 24.0 Å². The first-order valence-electron chi connectivity index (χ1n) is 6.80. The van der Waals surface area contributed by atoms with E-state index in [2.05, 4.69) is 13.8 Å². The molecule has 2 bridgehead atoms. The molecule has 3 aliphatic heterocycles. The second-order valence-corrected chi connectivity index (χ2v) is 6.21. The van der Waals surface area contributed by atoms with Crippen molar-refractivity contribution in [1.29, 1.82) is 0 Å². The number of hydrogen-bond donors (Lipinski definition) is 0. The molecule has 5 aliphatic rings.